The van der Waals surface area contributed by atoms with E-state index in [1.165, 1.54) is 6.07 Å². The number of nitrogens with zero attached hydrogens (tertiary/aromatic N) is 5. The van der Waals surface area contributed by atoms with E-state index < -0.39 is 0 Å². The van der Waals surface area contributed by atoms with Crippen molar-refractivity contribution in [2.75, 3.05) is 18.0 Å². The fourth-order valence-corrected chi connectivity index (χ4v) is 4.16. The molecule has 3 heterocycles. The van der Waals surface area contributed by atoms with Gasteiger partial charge in [-0.15, -0.1) is 0 Å². The summed E-state index contributed by atoms with van der Waals surface area (Å²) >= 11 is 0. The van der Waals surface area contributed by atoms with Gasteiger partial charge in [-0.1, -0.05) is 23.4 Å². The van der Waals surface area contributed by atoms with Gasteiger partial charge in [0.25, 0.3) is 0 Å². The van der Waals surface area contributed by atoms with E-state index in [1.807, 2.05) is 36.9 Å². The minimum Gasteiger partial charge on any atom is -0.361 e. The number of fused-ring (bicyclic) bond motifs is 1. The Hall–Kier alpha value is -3.68. The molecule has 2 aromatic heterocycles. The van der Waals surface area contributed by atoms with Crippen LogP contribution in [-0.4, -0.2) is 39.0 Å². The topological polar surface area (TPSA) is 67.4 Å². The van der Waals surface area contributed by atoms with Crippen LogP contribution in [0.3, 0.4) is 0 Å². The molecule has 1 fully saturated rings. The maximum Gasteiger partial charge on any atom is 0.324 e. The highest BCUT2D eigenvalue weighted by Crippen LogP contribution is 2.31. The number of hydrogen-bond acceptors (Lipinski definition) is 4. The van der Waals surface area contributed by atoms with E-state index >= 15 is 0 Å². The number of anilines is 1. The lowest BCUT2D eigenvalue weighted by Gasteiger charge is -2.36. The zero-order chi connectivity index (χ0) is 21.5. The number of amides is 2. The van der Waals surface area contributed by atoms with Crippen LogP contribution in [0.15, 0.2) is 53.2 Å². The van der Waals surface area contributed by atoms with Crippen molar-refractivity contribution < 1.29 is 13.7 Å². The first-order chi connectivity index (χ1) is 15.0. The number of aromatic nitrogens is 3. The molecule has 1 aliphatic rings. The first-order valence-corrected chi connectivity index (χ1v) is 10.2. The van der Waals surface area contributed by atoms with Gasteiger partial charge in [-0.05, 0) is 44.5 Å². The Labute approximate surface area is 178 Å². The van der Waals surface area contributed by atoms with Crippen molar-refractivity contribution in [2.24, 2.45) is 0 Å². The number of aryl methyl sites for hydroxylation is 2. The second-order valence-corrected chi connectivity index (χ2v) is 7.73. The van der Waals surface area contributed by atoms with Crippen molar-refractivity contribution in [1.29, 1.82) is 0 Å². The summed E-state index contributed by atoms with van der Waals surface area (Å²) in [6.45, 7) is 5.49. The SMILES string of the molecule is Cc1noc(C)c1CN1CCCN(c2cccc3c2cnn3-c2ccccc2F)C1=O. The summed E-state index contributed by atoms with van der Waals surface area (Å²) in [4.78, 5) is 17.0. The van der Waals surface area contributed by atoms with Gasteiger partial charge >= 0.3 is 6.03 Å². The number of halogens is 1. The third-order valence-corrected chi connectivity index (χ3v) is 5.80. The van der Waals surface area contributed by atoms with Gasteiger partial charge in [-0.25, -0.2) is 13.9 Å². The third kappa shape index (κ3) is 3.24. The smallest absolute Gasteiger partial charge is 0.324 e. The van der Waals surface area contributed by atoms with Gasteiger partial charge < -0.3 is 9.42 Å². The molecular formula is C23H22FN5O2. The molecule has 4 aromatic rings. The van der Waals surface area contributed by atoms with E-state index in [0.717, 1.165) is 40.0 Å². The van der Waals surface area contributed by atoms with Crippen molar-refractivity contribution >= 4 is 22.6 Å². The Bertz CT molecular complexity index is 1260. The Balaban J connectivity index is 1.50. The lowest BCUT2D eigenvalue weighted by molar-refractivity contribution is 0.192. The first-order valence-electron chi connectivity index (χ1n) is 10.2. The molecule has 0 aliphatic carbocycles. The molecule has 0 unspecified atom stereocenters. The van der Waals surface area contributed by atoms with Crippen molar-refractivity contribution in [1.82, 2.24) is 19.8 Å². The maximum atomic E-state index is 14.3. The van der Waals surface area contributed by atoms with E-state index in [-0.39, 0.29) is 11.8 Å². The fraction of sp³-hybridized carbons (Fsp3) is 0.261. The average molecular weight is 419 g/mol. The standard InChI is InChI=1S/C23H22FN5O2/c1-15-18(16(2)31-26-15)14-27-11-6-12-28(23(27)30)20-9-5-10-21-17(20)13-25-29(21)22-8-4-3-7-19(22)24/h3-5,7-10,13H,6,11-12,14H2,1-2H3. The van der Waals surface area contributed by atoms with E-state index in [0.29, 0.717) is 25.3 Å². The summed E-state index contributed by atoms with van der Waals surface area (Å²) < 4.78 is 21.2. The van der Waals surface area contributed by atoms with Gasteiger partial charge in [0.2, 0.25) is 0 Å². The normalized spacial score (nSPS) is 14.6. The molecular weight excluding hydrogens is 397 g/mol. The number of benzene rings is 2. The monoisotopic (exact) mass is 419 g/mol. The molecule has 8 heteroatoms. The van der Waals surface area contributed by atoms with Crippen molar-refractivity contribution in [2.45, 2.75) is 26.8 Å². The number of para-hydroxylation sites is 1. The lowest BCUT2D eigenvalue weighted by Crippen LogP contribution is -2.49. The number of rotatable bonds is 4. The van der Waals surface area contributed by atoms with Crippen LogP contribution >= 0.6 is 0 Å². The van der Waals surface area contributed by atoms with Crippen LogP contribution in [0.5, 0.6) is 0 Å². The first kappa shape index (κ1) is 19.3. The molecule has 0 radical (unpaired) electrons. The van der Waals surface area contributed by atoms with Gasteiger partial charge in [0.05, 0.1) is 29.6 Å². The molecule has 7 nitrogen and oxygen atoms in total. The number of carbonyl (C=O) groups excluding carboxylic acids is 1. The molecule has 2 aromatic carbocycles. The second kappa shape index (κ2) is 7.54. The highest BCUT2D eigenvalue weighted by molar-refractivity contribution is 6.02. The van der Waals surface area contributed by atoms with Crippen LogP contribution in [-0.2, 0) is 6.54 Å². The van der Waals surface area contributed by atoms with Crippen LogP contribution in [0.4, 0.5) is 14.9 Å². The maximum absolute atomic E-state index is 14.3. The predicted molar refractivity (Wildman–Crippen MR) is 115 cm³/mol. The molecule has 0 atom stereocenters. The molecule has 0 spiro atoms. The van der Waals surface area contributed by atoms with Crippen LogP contribution < -0.4 is 4.90 Å². The molecule has 31 heavy (non-hydrogen) atoms. The predicted octanol–water partition coefficient (Wildman–Crippen LogP) is 4.60. The molecule has 0 N–H and O–H groups in total. The van der Waals surface area contributed by atoms with Crippen LogP contribution in [0.2, 0.25) is 0 Å². The Morgan fingerprint density at radius 1 is 1.06 bits per heavy atom. The molecule has 5 rings (SSSR count). The van der Waals surface area contributed by atoms with Crippen LogP contribution in [0.1, 0.15) is 23.4 Å². The summed E-state index contributed by atoms with van der Waals surface area (Å²) in [6.07, 6.45) is 2.53. The minimum atomic E-state index is -0.349. The summed E-state index contributed by atoms with van der Waals surface area (Å²) in [5.74, 6) is 0.383. The minimum absolute atomic E-state index is 0.0719. The highest BCUT2D eigenvalue weighted by Gasteiger charge is 2.29. The Kier molecular flexibility index (Phi) is 4.69. The summed E-state index contributed by atoms with van der Waals surface area (Å²) in [7, 11) is 0. The van der Waals surface area contributed by atoms with Crippen molar-refractivity contribution in [3.05, 3.63) is 71.5 Å². The highest BCUT2D eigenvalue weighted by atomic mass is 19.1. The average Bonchev–Trinajstić information content (AvgIpc) is 3.34. The van der Waals surface area contributed by atoms with Crippen molar-refractivity contribution in [3.63, 3.8) is 0 Å². The molecule has 158 valence electrons. The summed E-state index contributed by atoms with van der Waals surface area (Å²) in [5, 5.41) is 9.21. The lowest BCUT2D eigenvalue weighted by atomic mass is 10.1. The number of urea groups is 1. The van der Waals surface area contributed by atoms with Gasteiger partial charge in [0, 0.05) is 24.0 Å². The molecule has 2 amide bonds. The summed E-state index contributed by atoms with van der Waals surface area (Å²) in [5.41, 5.74) is 3.64. The third-order valence-electron chi connectivity index (χ3n) is 5.80. The van der Waals surface area contributed by atoms with Gasteiger partial charge in [0.15, 0.2) is 0 Å². The van der Waals surface area contributed by atoms with Gasteiger partial charge in [0.1, 0.15) is 17.3 Å². The quantitative estimate of drug-likeness (QED) is 0.485. The number of carbonyl (C=O) groups is 1. The van der Waals surface area contributed by atoms with Crippen molar-refractivity contribution in [3.8, 4) is 5.69 Å². The largest absolute Gasteiger partial charge is 0.361 e. The Morgan fingerprint density at radius 3 is 2.65 bits per heavy atom. The molecule has 1 aliphatic heterocycles. The zero-order valence-electron chi connectivity index (χ0n) is 17.4. The van der Waals surface area contributed by atoms with E-state index in [4.69, 9.17) is 4.52 Å². The summed E-state index contributed by atoms with van der Waals surface area (Å²) in [6, 6.07) is 12.1. The van der Waals surface area contributed by atoms with Crippen LogP contribution in [0.25, 0.3) is 16.6 Å². The number of hydrogen-bond donors (Lipinski definition) is 0. The van der Waals surface area contributed by atoms with Crippen LogP contribution in [0, 0.1) is 19.7 Å². The Morgan fingerprint density at radius 2 is 1.87 bits per heavy atom. The molecule has 1 saturated heterocycles. The zero-order valence-corrected chi connectivity index (χ0v) is 17.4. The molecule has 0 saturated carbocycles. The van der Waals surface area contributed by atoms with Gasteiger partial charge in [-0.2, -0.15) is 5.10 Å². The fourth-order valence-electron chi connectivity index (χ4n) is 4.16. The second-order valence-electron chi connectivity index (χ2n) is 7.73. The van der Waals surface area contributed by atoms with Gasteiger partial charge in [-0.3, -0.25) is 4.90 Å². The molecule has 0 bridgehead atoms. The van der Waals surface area contributed by atoms with E-state index in [2.05, 4.69) is 10.3 Å². The van der Waals surface area contributed by atoms with E-state index in [9.17, 15) is 9.18 Å². The van der Waals surface area contributed by atoms with E-state index in [1.54, 1.807) is 34.0 Å².